The molecule has 1 heterocycles. The van der Waals surface area contributed by atoms with Crippen LogP contribution in [-0.4, -0.2) is 16.1 Å². The number of aromatic nitrogens is 2. The van der Waals surface area contributed by atoms with E-state index in [4.69, 9.17) is 0 Å². The van der Waals surface area contributed by atoms with Gasteiger partial charge in [-0.3, -0.25) is 4.68 Å². The molecule has 3 nitrogen and oxygen atoms in total. The molecule has 14 heavy (non-hydrogen) atoms. The zero-order valence-corrected chi connectivity index (χ0v) is 9.70. The third-order valence-electron chi connectivity index (χ3n) is 2.83. The normalized spacial score (nSPS) is 18.1. The summed E-state index contributed by atoms with van der Waals surface area (Å²) in [6.07, 6.45) is 5.92. The van der Waals surface area contributed by atoms with Crippen LogP contribution in [0, 0.1) is 5.92 Å². The van der Waals surface area contributed by atoms with E-state index in [9.17, 15) is 4.79 Å². The van der Waals surface area contributed by atoms with Crippen molar-refractivity contribution < 1.29 is 4.79 Å². The Labute approximate surface area is 91.6 Å². The van der Waals surface area contributed by atoms with Crippen molar-refractivity contribution in [2.75, 3.05) is 0 Å². The van der Waals surface area contributed by atoms with Gasteiger partial charge in [-0.25, -0.2) is 0 Å². The molecule has 0 radical (unpaired) electrons. The first kappa shape index (κ1) is 9.90. The summed E-state index contributed by atoms with van der Waals surface area (Å²) in [6.45, 7) is 0. The molecule has 0 amide bonds. The highest BCUT2D eigenvalue weighted by molar-refractivity contribution is 9.10. The lowest BCUT2D eigenvalue weighted by Gasteiger charge is -2.14. The lowest BCUT2D eigenvalue weighted by Crippen LogP contribution is -2.09. The first-order valence-corrected chi connectivity index (χ1v) is 5.64. The molecule has 76 valence electrons. The van der Waals surface area contributed by atoms with Gasteiger partial charge in [0.2, 0.25) is 0 Å². The lowest BCUT2D eigenvalue weighted by molar-refractivity contribution is -0.108. The average molecular weight is 257 g/mol. The summed E-state index contributed by atoms with van der Waals surface area (Å²) in [5.74, 6) is 1.04. The number of aryl methyl sites for hydroxylation is 1. The van der Waals surface area contributed by atoms with Gasteiger partial charge < -0.3 is 4.79 Å². The third-order valence-corrected chi connectivity index (χ3v) is 3.44. The summed E-state index contributed by atoms with van der Waals surface area (Å²) in [4.78, 5) is 10.6. The number of hydrogen-bond donors (Lipinski definition) is 0. The highest BCUT2D eigenvalue weighted by atomic mass is 79.9. The van der Waals surface area contributed by atoms with E-state index in [-0.39, 0.29) is 0 Å². The lowest BCUT2D eigenvalue weighted by atomic mass is 9.96. The van der Waals surface area contributed by atoms with E-state index < -0.39 is 0 Å². The van der Waals surface area contributed by atoms with Crippen molar-refractivity contribution in [1.29, 1.82) is 0 Å². The maximum absolute atomic E-state index is 10.6. The van der Waals surface area contributed by atoms with Crippen LogP contribution in [0.4, 0.5) is 0 Å². The summed E-state index contributed by atoms with van der Waals surface area (Å²) in [5.41, 5.74) is 1.17. The summed E-state index contributed by atoms with van der Waals surface area (Å²) in [6, 6.07) is 0. The Hall–Kier alpha value is -0.640. The number of rotatable bonds is 4. The van der Waals surface area contributed by atoms with E-state index in [1.54, 1.807) is 6.20 Å². The fourth-order valence-electron chi connectivity index (χ4n) is 1.97. The van der Waals surface area contributed by atoms with E-state index in [1.807, 2.05) is 11.7 Å². The molecule has 1 aliphatic rings. The van der Waals surface area contributed by atoms with Gasteiger partial charge in [-0.05, 0) is 34.7 Å². The summed E-state index contributed by atoms with van der Waals surface area (Å²) >= 11 is 3.48. The van der Waals surface area contributed by atoms with Gasteiger partial charge in [-0.1, -0.05) is 0 Å². The Balaban J connectivity index is 2.28. The maximum Gasteiger partial charge on any atom is 0.120 e. The van der Waals surface area contributed by atoms with Gasteiger partial charge in [0.1, 0.15) is 6.29 Å². The van der Waals surface area contributed by atoms with Crippen LogP contribution in [0.25, 0.3) is 0 Å². The van der Waals surface area contributed by atoms with Crippen LogP contribution in [0.5, 0.6) is 0 Å². The van der Waals surface area contributed by atoms with Gasteiger partial charge >= 0.3 is 0 Å². The molecule has 0 aliphatic heterocycles. The van der Waals surface area contributed by atoms with Crippen molar-refractivity contribution in [2.24, 2.45) is 13.0 Å². The topological polar surface area (TPSA) is 34.9 Å². The van der Waals surface area contributed by atoms with Gasteiger partial charge in [0.15, 0.2) is 0 Å². The van der Waals surface area contributed by atoms with Crippen molar-refractivity contribution >= 4 is 22.2 Å². The Bertz CT molecular complexity index is 324. The summed E-state index contributed by atoms with van der Waals surface area (Å²) in [5, 5.41) is 4.18. The first-order valence-electron chi connectivity index (χ1n) is 4.85. The second-order valence-electron chi connectivity index (χ2n) is 3.85. The van der Waals surface area contributed by atoms with Crippen LogP contribution in [0.2, 0.25) is 0 Å². The predicted octanol–water partition coefficient (Wildman–Crippen LogP) is 2.27. The van der Waals surface area contributed by atoms with Crippen molar-refractivity contribution in [3.8, 4) is 0 Å². The van der Waals surface area contributed by atoms with Crippen molar-refractivity contribution in [1.82, 2.24) is 9.78 Å². The zero-order valence-electron chi connectivity index (χ0n) is 8.11. The Morgan fingerprint density at radius 3 is 2.93 bits per heavy atom. The van der Waals surface area contributed by atoms with E-state index in [0.717, 1.165) is 10.8 Å². The Kier molecular flexibility index (Phi) is 2.72. The van der Waals surface area contributed by atoms with Crippen molar-refractivity contribution in [3.63, 3.8) is 0 Å². The standard InChI is InChI=1S/C10H13BrN2O/c1-13-10(9(11)6-12-13)8(4-5-14)7-2-3-7/h5-8H,2-4H2,1H3. The number of hydrogen-bond acceptors (Lipinski definition) is 2. The van der Waals surface area contributed by atoms with E-state index in [0.29, 0.717) is 18.3 Å². The smallest absolute Gasteiger partial charge is 0.120 e. The van der Waals surface area contributed by atoms with Gasteiger partial charge in [-0.15, -0.1) is 0 Å². The van der Waals surface area contributed by atoms with E-state index >= 15 is 0 Å². The van der Waals surface area contributed by atoms with Gasteiger partial charge in [-0.2, -0.15) is 5.10 Å². The molecule has 0 aromatic carbocycles. The van der Waals surface area contributed by atoms with E-state index in [1.165, 1.54) is 18.5 Å². The predicted molar refractivity (Wildman–Crippen MR) is 57.1 cm³/mol. The maximum atomic E-state index is 10.6. The minimum atomic E-state index is 0.356. The summed E-state index contributed by atoms with van der Waals surface area (Å²) < 4.78 is 2.90. The Morgan fingerprint density at radius 1 is 1.79 bits per heavy atom. The molecular weight excluding hydrogens is 244 g/mol. The molecule has 1 saturated carbocycles. The average Bonchev–Trinajstić information content (AvgIpc) is 2.92. The second kappa shape index (κ2) is 3.85. The summed E-state index contributed by atoms with van der Waals surface area (Å²) in [7, 11) is 1.93. The van der Waals surface area contributed by atoms with Crippen molar-refractivity contribution in [2.45, 2.75) is 25.2 Å². The van der Waals surface area contributed by atoms with Crippen molar-refractivity contribution in [3.05, 3.63) is 16.4 Å². The second-order valence-corrected chi connectivity index (χ2v) is 4.70. The molecule has 1 unspecified atom stereocenters. The molecule has 0 saturated heterocycles. The number of carbonyl (C=O) groups is 1. The van der Waals surface area contributed by atoms with Crippen LogP contribution in [0.3, 0.4) is 0 Å². The molecule has 0 bridgehead atoms. The zero-order chi connectivity index (χ0) is 10.1. The largest absolute Gasteiger partial charge is 0.303 e. The van der Waals surface area contributed by atoms with Crippen LogP contribution in [0.1, 0.15) is 30.9 Å². The molecule has 2 rings (SSSR count). The Morgan fingerprint density at radius 2 is 2.50 bits per heavy atom. The number of halogens is 1. The molecule has 1 aromatic rings. The quantitative estimate of drug-likeness (QED) is 0.775. The van der Waals surface area contributed by atoms with E-state index in [2.05, 4.69) is 21.0 Å². The minimum absolute atomic E-state index is 0.356. The van der Waals surface area contributed by atoms with Gasteiger partial charge in [0.25, 0.3) is 0 Å². The minimum Gasteiger partial charge on any atom is -0.303 e. The molecule has 0 N–H and O–H groups in total. The van der Waals surface area contributed by atoms with Crippen LogP contribution in [-0.2, 0) is 11.8 Å². The molecule has 1 atom stereocenters. The third kappa shape index (κ3) is 1.75. The highest BCUT2D eigenvalue weighted by Crippen LogP contribution is 2.45. The molecule has 0 spiro atoms. The van der Waals surface area contributed by atoms with Gasteiger partial charge in [0, 0.05) is 19.4 Å². The highest BCUT2D eigenvalue weighted by Gasteiger charge is 2.34. The number of aldehydes is 1. The fraction of sp³-hybridized carbons (Fsp3) is 0.600. The fourth-order valence-corrected chi connectivity index (χ4v) is 2.61. The van der Waals surface area contributed by atoms with Gasteiger partial charge in [0.05, 0.1) is 16.4 Å². The molecular formula is C10H13BrN2O. The molecule has 4 heteroatoms. The first-order chi connectivity index (χ1) is 6.74. The molecule has 1 aromatic heterocycles. The number of nitrogens with zero attached hydrogens (tertiary/aromatic N) is 2. The van der Waals surface area contributed by atoms with Crippen LogP contribution < -0.4 is 0 Å². The molecule has 1 fully saturated rings. The van der Waals surface area contributed by atoms with Crippen LogP contribution >= 0.6 is 15.9 Å². The number of carbonyl (C=O) groups excluding carboxylic acids is 1. The monoisotopic (exact) mass is 256 g/mol. The molecule has 1 aliphatic carbocycles. The SMILES string of the molecule is Cn1ncc(Br)c1C(CC=O)C1CC1. The van der Waals surface area contributed by atoms with Crippen LogP contribution in [0.15, 0.2) is 10.7 Å².